The molecule has 3 atom stereocenters. The Labute approximate surface area is 180 Å². The number of hydrogen-bond donors (Lipinski definition) is 1. The number of nitrogens with one attached hydrogen (secondary N) is 1. The molecule has 0 saturated carbocycles. The zero-order chi connectivity index (χ0) is 21.8. The van der Waals surface area contributed by atoms with Gasteiger partial charge in [0.05, 0.1) is 11.8 Å². The molecule has 0 spiro atoms. The Kier molecular flexibility index (Phi) is 7.50. The van der Waals surface area contributed by atoms with Gasteiger partial charge in [-0.2, -0.15) is 0 Å². The lowest BCUT2D eigenvalue weighted by Gasteiger charge is -2.34. The summed E-state index contributed by atoms with van der Waals surface area (Å²) < 4.78 is 0. The van der Waals surface area contributed by atoms with Gasteiger partial charge in [0.25, 0.3) is 0 Å². The van der Waals surface area contributed by atoms with Gasteiger partial charge in [0, 0.05) is 25.7 Å². The first-order valence-corrected chi connectivity index (χ1v) is 11.5. The molecule has 6 heteroatoms. The summed E-state index contributed by atoms with van der Waals surface area (Å²) in [5, 5.41) is 3.17. The van der Waals surface area contributed by atoms with E-state index in [1.165, 1.54) is 10.5 Å². The molecule has 3 rings (SSSR count). The maximum atomic E-state index is 13.2. The van der Waals surface area contributed by atoms with Crippen LogP contribution in [0.15, 0.2) is 23.8 Å². The van der Waals surface area contributed by atoms with E-state index in [1.807, 2.05) is 26.0 Å². The molecular weight excluding hydrogens is 378 g/mol. The summed E-state index contributed by atoms with van der Waals surface area (Å²) in [5.41, 5.74) is 1.32. The number of carbonyl (C=O) groups is 3. The van der Waals surface area contributed by atoms with E-state index in [2.05, 4.69) is 30.1 Å². The molecule has 3 amide bonds. The molecule has 0 aromatic heterocycles. The Morgan fingerprint density at radius 1 is 1.10 bits per heavy atom. The molecule has 0 radical (unpaired) electrons. The summed E-state index contributed by atoms with van der Waals surface area (Å²) in [7, 11) is 0. The summed E-state index contributed by atoms with van der Waals surface area (Å²) in [6.45, 7) is 11.1. The van der Waals surface area contributed by atoms with Crippen molar-refractivity contribution in [3.05, 3.63) is 23.8 Å². The zero-order valence-electron chi connectivity index (χ0n) is 18.9. The highest BCUT2D eigenvalue weighted by Crippen LogP contribution is 2.37. The fourth-order valence-electron chi connectivity index (χ4n) is 4.78. The van der Waals surface area contributed by atoms with Gasteiger partial charge in [-0.3, -0.25) is 24.2 Å². The minimum Gasteiger partial charge on any atom is -0.351 e. The van der Waals surface area contributed by atoms with Crippen molar-refractivity contribution in [1.82, 2.24) is 15.1 Å². The van der Waals surface area contributed by atoms with Crippen molar-refractivity contribution >= 4 is 17.7 Å². The molecule has 3 aliphatic rings. The van der Waals surface area contributed by atoms with Crippen LogP contribution in [0.3, 0.4) is 0 Å². The van der Waals surface area contributed by atoms with Crippen molar-refractivity contribution in [3.63, 3.8) is 0 Å². The summed E-state index contributed by atoms with van der Waals surface area (Å²) in [6, 6.07) is -0.592. The normalized spacial score (nSPS) is 26.1. The van der Waals surface area contributed by atoms with E-state index >= 15 is 0 Å². The number of piperidine rings is 1. The first-order valence-electron chi connectivity index (χ1n) is 11.5. The number of nitrogens with zero attached hydrogens (tertiary/aromatic N) is 2. The highest BCUT2D eigenvalue weighted by molar-refractivity contribution is 6.08. The predicted molar refractivity (Wildman–Crippen MR) is 117 cm³/mol. The monoisotopic (exact) mass is 415 g/mol. The summed E-state index contributed by atoms with van der Waals surface area (Å²) in [6.07, 6.45) is 9.71. The van der Waals surface area contributed by atoms with Crippen LogP contribution >= 0.6 is 0 Å². The number of imide groups is 1. The number of hydrogen-bond acceptors (Lipinski definition) is 4. The van der Waals surface area contributed by atoms with E-state index in [9.17, 15) is 14.4 Å². The van der Waals surface area contributed by atoms with Gasteiger partial charge in [-0.15, -0.1) is 0 Å². The van der Waals surface area contributed by atoms with E-state index in [4.69, 9.17) is 0 Å². The second-order valence-electron chi connectivity index (χ2n) is 9.71. The van der Waals surface area contributed by atoms with Crippen LogP contribution < -0.4 is 5.32 Å². The Hall–Kier alpha value is -1.95. The molecule has 0 bridgehead atoms. The van der Waals surface area contributed by atoms with Crippen LogP contribution in [0.1, 0.15) is 59.8 Å². The fourth-order valence-corrected chi connectivity index (χ4v) is 4.78. The first kappa shape index (κ1) is 22.7. The molecule has 0 aromatic carbocycles. The molecule has 2 fully saturated rings. The second kappa shape index (κ2) is 9.90. The van der Waals surface area contributed by atoms with Gasteiger partial charge in [-0.1, -0.05) is 37.6 Å². The molecule has 0 aromatic rings. The minimum absolute atomic E-state index is 0.104. The Morgan fingerprint density at radius 2 is 1.67 bits per heavy atom. The van der Waals surface area contributed by atoms with Crippen LogP contribution in [0.5, 0.6) is 0 Å². The highest BCUT2D eigenvalue weighted by atomic mass is 16.2. The molecule has 30 heavy (non-hydrogen) atoms. The Balaban J connectivity index is 1.63. The van der Waals surface area contributed by atoms with E-state index in [1.54, 1.807) is 0 Å². The van der Waals surface area contributed by atoms with E-state index < -0.39 is 6.04 Å². The molecule has 2 saturated heterocycles. The molecule has 166 valence electrons. The van der Waals surface area contributed by atoms with Gasteiger partial charge in [0.15, 0.2) is 0 Å². The van der Waals surface area contributed by atoms with E-state index in [-0.39, 0.29) is 41.5 Å². The number of allylic oxidation sites excluding steroid dienone is 3. The standard InChI is InChI=1S/C24H37N3O3/c1-16(2)9-12-26-13-10-18(11-14-26)25-22(28)21(15-17(3)4)27-23(29)19-7-5-6-8-20(19)24(27)30/h5-6,9,17-21H,7-8,10-15H2,1-4H3,(H,25,28). The quantitative estimate of drug-likeness (QED) is 0.513. The largest absolute Gasteiger partial charge is 0.351 e. The molecule has 2 heterocycles. The maximum Gasteiger partial charge on any atom is 0.243 e. The maximum absolute atomic E-state index is 13.2. The van der Waals surface area contributed by atoms with Crippen molar-refractivity contribution in [1.29, 1.82) is 0 Å². The molecule has 6 nitrogen and oxygen atoms in total. The lowest BCUT2D eigenvalue weighted by atomic mass is 9.85. The van der Waals surface area contributed by atoms with Crippen molar-refractivity contribution in [3.8, 4) is 0 Å². The van der Waals surface area contributed by atoms with Crippen molar-refractivity contribution in [2.24, 2.45) is 17.8 Å². The number of amides is 3. The second-order valence-corrected chi connectivity index (χ2v) is 9.71. The lowest BCUT2D eigenvalue weighted by molar-refractivity contribution is -0.148. The highest BCUT2D eigenvalue weighted by Gasteiger charge is 2.51. The predicted octanol–water partition coefficient (Wildman–Crippen LogP) is 2.90. The van der Waals surface area contributed by atoms with Gasteiger partial charge < -0.3 is 5.32 Å². The average molecular weight is 416 g/mol. The van der Waals surface area contributed by atoms with Gasteiger partial charge in [0.2, 0.25) is 17.7 Å². The van der Waals surface area contributed by atoms with Crippen LogP contribution in [0, 0.1) is 17.8 Å². The van der Waals surface area contributed by atoms with Crippen molar-refractivity contribution in [2.45, 2.75) is 71.9 Å². The molecule has 1 N–H and O–H groups in total. The molecule has 3 unspecified atom stereocenters. The van der Waals surface area contributed by atoms with Crippen LogP contribution in [-0.4, -0.2) is 59.2 Å². The van der Waals surface area contributed by atoms with Crippen LogP contribution in [0.4, 0.5) is 0 Å². The Bertz CT molecular complexity index is 689. The fraction of sp³-hybridized carbons (Fsp3) is 0.708. The summed E-state index contributed by atoms with van der Waals surface area (Å²) in [4.78, 5) is 43.0. The molecule has 1 aliphatic carbocycles. The third-order valence-corrected chi connectivity index (χ3v) is 6.54. The SMILES string of the molecule is CC(C)=CCN1CCC(NC(=O)C(CC(C)C)N2C(=O)C3CC=CCC3C2=O)CC1. The van der Waals surface area contributed by atoms with Crippen LogP contribution in [-0.2, 0) is 14.4 Å². The third kappa shape index (κ3) is 5.20. The van der Waals surface area contributed by atoms with Crippen molar-refractivity contribution < 1.29 is 14.4 Å². The number of rotatable bonds is 7. The molecular formula is C24H37N3O3. The zero-order valence-corrected chi connectivity index (χ0v) is 18.9. The topological polar surface area (TPSA) is 69.7 Å². The van der Waals surface area contributed by atoms with Gasteiger partial charge in [-0.25, -0.2) is 0 Å². The van der Waals surface area contributed by atoms with Crippen LogP contribution in [0.25, 0.3) is 0 Å². The summed E-state index contributed by atoms with van der Waals surface area (Å²) in [5.74, 6) is -0.849. The minimum atomic E-state index is -0.695. The van der Waals surface area contributed by atoms with Gasteiger partial charge in [0.1, 0.15) is 6.04 Å². The van der Waals surface area contributed by atoms with E-state index in [0.717, 1.165) is 32.5 Å². The van der Waals surface area contributed by atoms with Crippen molar-refractivity contribution in [2.75, 3.05) is 19.6 Å². The number of likely N-dealkylation sites (tertiary alicyclic amines) is 2. The Morgan fingerprint density at radius 3 is 2.17 bits per heavy atom. The first-order chi connectivity index (χ1) is 14.3. The average Bonchev–Trinajstić information content (AvgIpc) is 2.96. The lowest BCUT2D eigenvalue weighted by Crippen LogP contribution is -2.54. The smallest absolute Gasteiger partial charge is 0.243 e. The van der Waals surface area contributed by atoms with Gasteiger partial charge >= 0.3 is 0 Å². The number of carbonyl (C=O) groups excluding carboxylic acids is 3. The summed E-state index contributed by atoms with van der Waals surface area (Å²) >= 11 is 0. The van der Waals surface area contributed by atoms with Gasteiger partial charge in [-0.05, 0) is 51.9 Å². The van der Waals surface area contributed by atoms with Crippen LogP contribution in [0.2, 0.25) is 0 Å². The number of fused-ring (bicyclic) bond motifs is 1. The molecule has 2 aliphatic heterocycles. The third-order valence-electron chi connectivity index (χ3n) is 6.54. The van der Waals surface area contributed by atoms with E-state index in [0.29, 0.717) is 19.3 Å².